The highest BCUT2D eigenvalue weighted by molar-refractivity contribution is 6.76. The van der Waals surface area contributed by atoms with Gasteiger partial charge in [-0.2, -0.15) is 0 Å². The molecule has 0 saturated carbocycles. The molecule has 0 N–H and O–H groups in total. The molecule has 0 unspecified atom stereocenters. The van der Waals surface area contributed by atoms with Gasteiger partial charge in [0.2, 0.25) is 0 Å². The summed E-state index contributed by atoms with van der Waals surface area (Å²) in [5.41, 5.74) is 4.27. The molecule has 5 heterocycles. The molecule has 1 saturated heterocycles. The van der Waals surface area contributed by atoms with Crippen molar-refractivity contribution in [3.8, 4) is 0 Å². The number of aromatic nitrogens is 3. The van der Waals surface area contributed by atoms with Gasteiger partial charge in [0.15, 0.2) is 17.2 Å². The molecule has 8 rings (SSSR count). The van der Waals surface area contributed by atoms with Crippen molar-refractivity contribution in [3.63, 3.8) is 0 Å². The summed E-state index contributed by atoms with van der Waals surface area (Å²) < 4.78 is 38.1. The summed E-state index contributed by atoms with van der Waals surface area (Å²) in [5, 5.41) is 0. The zero-order chi connectivity index (χ0) is 39.0. The van der Waals surface area contributed by atoms with Crippen molar-refractivity contribution in [2.24, 2.45) is 4.99 Å². The van der Waals surface area contributed by atoms with Crippen LogP contribution in [-0.2, 0) is 34.9 Å². The third kappa shape index (κ3) is 7.06. The molecule has 0 radical (unpaired) electrons. The van der Waals surface area contributed by atoms with Gasteiger partial charge in [-0.1, -0.05) is 92.4 Å². The summed E-state index contributed by atoms with van der Waals surface area (Å²) in [5.74, 6) is -1.57. The molecule has 284 valence electrons. The molecule has 2 aliphatic heterocycles. The van der Waals surface area contributed by atoms with Gasteiger partial charge in [-0.05, 0) is 35.9 Å². The van der Waals surface area contributed by atoms with Crippen LogP contribution in [0.25, 0.3) is 11.0 Å². The summed E-state index contributed by atoms with van der Waals surface area (Å²) in [7, 11) is -1.42. The van der Waals surface area contributed by atoms with Crippen LogP contribution in [0.1, 0.15) is 44.7 Å². The average Bonchev–Trinajstić information content (AvgIpc) is 3.78. The fourth-order valence-corrected chi connectivity index (χ4v) is 8.43. The molecule has 1 atom stereocenters. The number of fused-ring (bicyclic) bond motifs is 3. The molecule has 6 aromatic rings. The number of hydrogen-bond acceptors (Lipinski definition) is 6. The minimum absolute atomic E-state index is 0.0247. The number of likely N-dealkylation sites (tertiary alicyclic amines) is 1. The molecular formula is C44H42F2N6O3Si. The Morgan fingerprint density at radius 3 is 2.27 bits per heavy atom. The van der Waals surface area contributed by atoms with Gasteiger partial charge >= 0.3 is 0 Å². The van der Waals surface area contributed by atoms with Crippen LogP contribution >= 0.6 is 0 Å². The third-order valence-electron chi connectivity index (χ3n) is 10.6. The number of nitrogens with zero attached hydrogens (tertiary/aromatic N) is 6. The van der Waals surface area contributed by atoms with Crippen LogP contribution in [-0.4, -0.2) is 63.1 Å². The van der Waals surface area contributed by atoms with E-state index in [1.165, 1.54) is 24.4 Å². The highest BCUT2D eigenvalue weighted by Crippen LogP contribution is 2.47. The van der Waals surface area contributed by atoms with E-state index in [-0.39, 0.29) is 43.3 Å². The number of amides is 2. The Hall–Kier alpha value is -5.85. The Morgan fingerprint density at radius 2 is 1.59 bits per heavy atom. The highest BCUT2D eigenvalue weighted by atomic mass is 28.3. The lowest BCUT2D eigenvalue weighted by molar-refractivity contribution is -0.137. The Bertz CT molecular complexity index is 2410. The normalized spacial score (nSPS) is 16.7. The van der Waals surface area contributed by atoms with Crippen molar-refractivity contribution < 1.29 is 23.1 Å². The zero-order valence-electron chi connectivity index (χ0n) is 31.6. The average molecular weight is 769 g/mol. The van der Waals surface area contributed by atoms with E-state index in [0.29, 0.717) is 53.1 Å². The number of carbonyl (C=O) groups is 2. The van der Waals surface area contributed by atoms with E-state index in [2.05, 4.69) is 24.6 Å². The van der Waals surface area contributed by atoms with Crippen molar-refractivity contribution in [1.82, 2.24) is 24.3 Å². The van der Waals surface area contributed by atoms with E-state index in [0.717, 1.165) is 22.7 Å². The number of hydrogen-bond donors (Lipinski definition) is 0. The van der Waals surface area contributed by atoms with E-state index < -0.39 is 19.4 Å². The molecule has 2 amide bonds. The van der Waals surface area contributed by atoms with Gasteiger partial charge in [-0.15, -0.1) is 0 Å². The second-order valence-electron chi connectivity index (χ2n) is 15.6. The van der Waals surface area contributed by atoms with Gasteiger partial charge < -0.3 is 19.1 Å². The van der Waals surface area contributed by atoms with Crippen LogP contribution in [0.3, 0.4) is 0 Å². The van der Waals surface area contributed by atoms with Gasteiger partial charge in [0.1, 0.15) is 12.5 Å². The second-order valence-corrected chi connectivity index (χ2v) is 21.2. The van der Waals surface area contributed by atoms with E-state index in [9.17, 15) is 14.0 Å². The Balaban J connectivity index is 1.20. The first kappa shape index (κ1) is 37.1. The van der Waals surface area contributed by atoms with Crippen molar-refractivity contribution in [2.45, 2.75) is 57.5 Å². The van der Waals surface area contributed by atoms with Crippen LogP contribution in [0.15, 0.2) is 121 Å². The maximum atomic E-state index is 16.3. The quantitative estimate of drug-likeness (QED) is 0.0708. The SMILES string of the molecule is C[Si](C)(C)CCOCn1c(CN2C(=O)c3cnccc3[C@@]23CCN(Cc2ccc(F)cc2)C3=O)cc2nc(N=C(c3ccccc3)c3ccccc3)c(F)cc21. The Morgan fingerprint density at radius 1 is 0.893 bits per heavy atom. The maximum absolute atomic E-state index is 16.3. The maximum Gasteiger partial charge on any atom is 0.257 e. The minimum atomic E-state index is -1.42. The molecule has 0 aliphatic carbocycles. The summed E-state index contributed by atoms with van der Waals surface area (Å²) in [6.07, 6.45) is 3.48. The fraction of sp³-hybridized carbons (Fsp3) is 0.250. The van der Waals surface area contributed by atoms with Crippen LogP contribution in [0, 0.1) is 11.6 Å². The first-order valence-corrected chi connectivity index (χ1v) is 22.5. The van der Waals surface area contributed by atoms with Gasteiger partial charge in [-0.25, -0.2) is 18.8 Å². The van der Waals surface area contributed by atoms with E-state index in [4.69, 9.17) is 14.7 Å². The van der Waals surface area contributed by atoms with E-state index in [1.807, 2.05) is 71.3 Å². The van der Waals surface area contributed by atoms with Crippen LogP contribution < -0.4 is 0 Å². The predicted octanol–water partition coefficient (Wildman–Crippen LogP) is 8.47. The molecule has 9 nitrogen and oxygen atoms in total. The number of rotatable bonds is 12. The standard InChI is InChI=1S/C44H42F2N6O3Si/c1-56(2,3)23-22-55-29-51-34(24-38-39(51)25-37(46)41(48-38)49-40(31-10-6-4-7-11-31)32-12-8-5-9-13-32)28-52-42(53)35-26-47-20-18-36(35)44(52)19-21-50(43(44)54)27-30-14-16-33(45)17-15-30/h4-18,20,24-26H,19,21-23,27-29H2,1-3H3/t44-/m1/s1. The Kier molecular flexibility index (Phi) is 9.94. The lowest BCUT2D eigenvalue weighted by atomic mass is 9.88. The lowest BCUT2D eigenvalue weighted by Crippen LogP contribution is -2.49. The molecule has 56 heavy (non-hydrogen) atoms. The molecule has 2 aliphatic rings. The van der Waals surface area contributed by atoms with E-state index >= 15 is 4.39 Å². The predicted molar refractivity (Wildman–Crippen MR) is 214 cm³/mol. The topological polar surface area (TPSA) is 92.9 Å². The zero-order valence-corrected chi connectivity index (χ0v) is 32.6. The smallest absolute Gasteiger partial charge is 0.257 e. The third-order valence-corrected chi connectivity index (χ3v) is 12.3. The minimum Gasteiger partial charge on any atom is -0.361 e. The van der Waals surface area contributed by atoms with Crippen molar-refractivity contribution >= 4 is 42.5 Å². The monoisotopic (exact) mass is 768 g/mol. The first-order valence-electron chi connectivity index (χ1n) is 18.8. The van der Waals surface area contributed by atoms with Crippen LogP contribution in [0.5, 0.6) is 0 Å². The number of pyridine rings is 2. The molecule has 1 spiro atoms. The lowest BCUT2D eigenvalue weighted by Gasteiger charge is -2.34. The molecule has 3 aromatic heterocycles. The highest BCUT2D eigenvalue weighted by Gasteiger charge is 2.59. The number of aliphatic imine (C=N–C) groups is 1. The van der Waals surface area contributed by atoms with Crippen molar-refractivity contribution in [3.05, 3.63) is 161 Å². The van der Waals surface area contributed by atoms with Gasteiger partial charge in [-0.3, -0.25) is 14.6 Å². The number of carbonyl (C=O) groups excluding carboxylic acids is 2. The summed E-state index contributed by atoms with van der Waals surface area (Å²) in [4.78, 5) is 46.1. The van der Waals surface area contributed by atoms with Gasteiger partial charge in [0.05, 0.1) is 28.9 Å². The molecular weight excluding hydrogens is 727 g/mol. The fourth-order valence-electron chi connectivity index (χ4n) is 7.67. The van der Waals surface area contributed by atoms with Crippen LogP contribution in [0.4, 0.5) is 14.6 Å². The second kappa shape index (κ2) is 15.0. The van der Waals surface area contributed by atoms with Crippen LogP contribution in [0.2, 0.25) is 25.7 Å². The summed E-state index contributed by atoms with van der Waals surface area (Å²) in [6, 6.07) is 31.2. The molecule has 12 heteroatoms. The Labute approximate surface area is 325 Å². The number of halogens is 2. The van der Waals surface area contributed by atoms with Gasteiger partial charge in [0.25, 0.3) is 11.8 Å². The van der Waals surface area contributed by atoms with Crippen molar-refractivity contribution in [2.75, 3.05) is 13.2 Å². The molecule has 3 aromatic carbocycles. The number of benzene rings is 3. The molecule has 1 fully saturated rings. The summed E-state index contributed by atoms with van der Waals surface area (Å²) >= 11 is 0. The largest absolute Gasteiger partial charge is 0.361 e. The first-order chi connectivity index (χ1) is 27.0. The van der Waals surface area contributed by atoms with Gasteiger partial charge in [0, 0.05) is 75.0 Å². The molecule has 0 bridgehead atoms. The van der Waals surface area contributed by atoms with E-state index in [1.54, 1.807) is 34.2 Å². The summed E-state index contributed by atoms with van der Waals surface area (Å²) in [6.45, 7) is 8.13. The number of ether oxygens (including phenoxy) is 1. The van der Waals surface area contributed by atoms with Crippen molar-refractivity contribution in [1.29, 1.82) is 0 Å².